The third kappa shape index (κ3) is 26.8. The van der Waals surface area contributed by atoms with Crippen molar-refractivity contribution >= 4 is 66.0 Å². The first-order valence-electron chi connectivity index (χ1n) is 46.5. The van der Waals surface area contributed by atoms with Gasteiger partial charge in [0.1, 0.15) is 0 Å². The SMILES string of the molecule is C1=CCc2ccccc2C1.C1=Cc2ccccc2C1.CC.CC.CC.CC.CC.CC.CC.c1ccc2c(c1)CC1=C2CCCC1.c1ccc2c(c1)CCc1ccccc1-2.c1ccc2c(c1)Cc1ccccc1-2.c1ccc2c(c1)Cc1ccccc1C2.c1ccc2c(c1)cnc1ccccc12.c1ccc2nc3ccccc3cc2c1.c1ccc2ncccc2c1. The second-order valence-corrected chi connectivity index (χ2v) is 29.2. The summed E-state index contributed by atoms with van der Waals surface area (Å²) in [4.78, 5) is 13.2. The molecule has 7 aliphatic carbocycles. The molecule has 3 nitrogen and oxygen atoms in total. The van der Waals surface area contributed by atoms with Gasteiger partial charge in [-0.1, -0.05) is 448 Å². The molecule has 0 bridgehead atoms. The number of rotatable bonds is 0. The highest BCUT2D eigenvalue weighted by molar-refractivity contribution is 6.05. The van der Waals surface area contributed by atoms with Crippen LogP contribution in [0.15, 0.2) is 394 Å². The zero-order chi connectivity index (χ0) is 88.6. The van der Waals surface area contributed by atoms with Gasteiger partial charge in [0, 0.05) is 39.3 Å². The molecule has 17 aromatic rings. The molecule has 125 heavy (non-hydrogen) atoms. The summed E-state index contributed by atoms with van der Waals surface area (Å²) in [5.41, 5.74) is 34.2. The van der Waals surface area contributed by atoms with Gasteiger partial charge in [-0.3, -0.25) is 9.97 Å². The van der Waals surface area contributed by atoms with Gasteiger partial charge in [-0.25, -0.2) is 4.98 Å². The van der Waals surface area contributed by atoms with E-state index in [-0.39, 0.29) is 0 Å². The van der Waals surface area contributed by atoms with Gasteiger partial charge in [0.25, 0.3) is 0 Å². The second-order valence-electron chi connectivity index (χ2n) is 29.2. The average Bonchev–Trinajstić information content (AvgIpc) is 1.45. The van der Waals surface area contributed by atoms with E-state index in [4.69, 9.17) is 0 Å². The lowest BCUT2D eigenvalue weighted by Gasteiger charge is -2.19. The Labute approximate surface area is 750 Å². The molecule has 7 aliphatic rings. The number of pyridine rings is 3. The lowest BCUT2D eigenvalue weighted by molar-refractivity contribution is 0.711. The molecule has 0 radical (unpaired) electrons. The minimum atomic E-state index is 1.06. The summed E-state index contributed by atoms with van der Waals surface area (Å²) in [6.07, 6.45) is 28.4. The minimum Gasteiger partial charge on any atom is -0.256 e. The minimum absolute atomic E-state index is 1.06. The van der Waals surface area contributed by atoms with Crippen LogP contribution in [0.25, 0.3) is 88.3 Å². The van der Waals surface area contributed by atoms with Crippen LogP contribution >= 0.6 is 0 Å². The van der Waals surface area contributed by atoms with E-state index in [9.17, 15) is 0 Å². The molecule has 14 aromatic carbocycles. The van der Waals surface area contributed by atoms with Crippen LogP contribution in [0, 0.1) is 0 Å². The average molecular weight is 1640 g/mol. The van der Waals surface area contributed by atoms with E-state index in [0.717, 1.165) is 60.6 Å². The van der Waals surface area contributed by atoms with E-state index in [1.165, 1.54) is 166 Å². The lowest BCUT2D eigenvalue weighted by atomic mass is 9.86. The van der Waals surface area contributed by atoms with E-state index < -0.39 is 0 Å². The molecule has 0 saturated heterocycles. The molecule has 0 amide bonds. The van der Waals surface area contributed by atoms with Crippen molar-refractivity contribution in [1.29, 1.82) is 0 Å². The number of aryl methyl sites for hydroxylation is 2. The van der Waals surface area contributed by atoms with Crippen LogP contribution in [0.2, 0.25) is 0 Å². The maximum absolute atomic E-state index is 4.58. The monoisotopic (exact) mass is 1640 g/mol. The fourth-order valence-electron chi connectivity index (χ4n) is 16.4. The number of fused-ring (bicyclic) bond motifs is 18. The van der Waals surface area contributed by atoms with Crippen LogP contribution < -0.4 is 0 Å². The first-order valence-corrected chi connectivity index (χ1v) is 46.5. The summed E-state index contributed by atoms with van der Waals surface area (Å²) in [6, 6.07) is 126. The summed E-state index contributed by atoms with van der Waals surface area (Å²) >= 11 is 0. The standard InChI is InChI=1S/2C14H12.2C13H9N.C13H14.C13H10.C10H10.C9H7N.C9H8.7C2H6/c1-3-7-13-11(5-1)9-10-12-6-2-4-8-14(12)13;1-2-6-12-10-14-8-4-3-7-13(14)9-11(12)5-1;1-3-7-12-10(5-1)9-11-6-2-4-8-13(11)14-12;1-2-6-11-10(5-1)9-14-13-8-4-3-7-12(11)13;2*1-3-7-12-10(5-1)9-11-6-2-4-8-13(11)12;1-2-6-10-8-4-3-7-9(10)5-1;1-2-6-9-8(4-1)5-3-7-10-9;1-2-5-9-7-3-6-8(9)4-1;7*1-2/h2*1-8H,9-10H2;2*1-9H;1,3,5,7H,2,4,6,8-9H2;1-8H,9H2;1-6H,7-8H2;1-7H;1-6H,7H2;7*1-2H3. The van der Waals surface area contributed by atoms with Crippen molar-refractivity contribution in [2.24, 2.45) is 0 Å². The number of nitrogens with zero attached hydrogens (tertiary/aromatic N) is 3. The predicted molar refractivity (Wildman–Crippen MR) is 550 cm³/mol. The Morgan fingerprint density at radius 2 is 0.552 bits per heavy atom. The van der Waals surface area contributed by atoms with Crippen molar-refractivity contribution in [3.8, 4) is 22.3 Å². The van der Waals surface area contributed by atoms with Gasteiger partial charge >= 0.3 is 0 Å². The van der Waals surface area contributed by atoms with Crippen LogP contribution in [0.5, 0.6) is 0 Å². The fourth-order valence-corrected chi connectivity index (χ4v) is 16.4. The molecule has 636 valence electrons. The number of hydrogen-bond donors (Lipinski definition) is 0. The summed E-state index contributed by atoms with van der Waals surface area (Å²) in [7, 11) is 0. The smallest absolute Gasteiger partial charge is 0.0709 e. The molecule has 24 rings (SSSR count). The first kappa shape index (κ1) is 95.9. The Morgan fingerprint density at radius 3 is 1.04 bits per heavy atom. The maximum atomic E-state index is 4.58. The Hall–Kier alpha value is -13.0. The summed E-state index contributed by atoms with van der Waals surface area (Å²) in [5.74, 6) is 0. The molecule has 0 N–H and O–H groups in total. The van der Waals surface area contributed by atoms with Crippen molar-refractivity contribution in [1.82, 2.24) is 15.0 Å². The Morgan fingerprint density at radius 1 is 0.216 bits per heavy atom. The van der Waals surface area contributed by atoms with Gasteiger partial charge in [0.2, 0.25) is 0 Å². The number of aromatic nitrogens is 3. The largest absolute Gasteiger partial charge is 0.256 e. The van der Waals surface area contributed by atoms with Crippen LogP contribution in [0.4, 0.5) is 0 Å². The van der Waals surface area contributed by atoms with E-state index in [0.29, 0.717) is 0 Å². The molecule has 0 aliphatic heterocycles. The first-order chi connectivity index (χ1) is 62.1. The molecule has 3 heterocycles. The third-order valence-electron chi connectivity index (χ3n) is 22.1. The zero-order valence-corrected chi connectivity index (χ0v) is 77.1. The number of para-hydroxylation sites is 4. The number of benzene rings is 14. The highest BCUT2D eigenvalue weighted by atomic mass is 14.7. The van der Waals surface area contributed by atoms with Crippen molar-refractivity contribution in [3.63, 3.8) is 0 Å². The van der Waals surface area contributed by atoms with Crippen molar-refractivity contribution in [3.05, 3.63) is 472 Å². The Balaban J connectivity index is 0.000000157. The summed E-state index contributed by atoms with van der Waals surface area (Å²) < 4.78 is 0. The van der Waals surface area contributed by atoms with Gasteiger partial charge in [-0.2, -0.15) is 0 Å². The molecule has 0 saturated carbocycles. The van der Waals surface area contributed by atoms with Crippen molar-refractivity contribution in [2.45, 2.75) is 180 Å². The van der Waals surface area contributed by atoms with Crippen LogP contribution in [0.3, 0.4) is 0 Å². The van der Waals surface area contributed by atoms with Crippen LogP contribution in [-0.2, 0) is 57.8 Å². The van der Waals surface area contributed by atoms with Gasteiger partial charge in [-0.15, -0.1) is 0 Å². The fraction of sp³-hybridized carbons (Fsp3) is 0.221. The zero-order valence-electron chi connectivity index (χ0n) is 77.1. The van der Waals surface area contributed by atoms with Crippen LogP contribution in [0.1, 0.15) is 201 Å². The maximum Gasteiger partial charge on any atom is 0.0709 e. The normalized spacial score (nSPS) is 12.0. The molecule has 0 unspecified atom stereocenters. The number of hydrogen-bond acceptors (Lipinski definition) is 3. The molecular weight excluding hydrogens is 1510 g/mol. The highest BCUT2D eigenvalue weighted by Crippen LogP contribution is 2.42. The Kier molecular flexibility index (Phi) is 41.3. The number of allylic oxidation sites excluding steroid dienone is 5. The third-order valence-corrected chi connectivity index (χ3v) is 22.1. The van der Waals surface area contributed by atoms with Gasteiger partial charge in [-0.05, 0) is 231 Å². The molecule has 3 heteroatoms. The topological polar surface area (TPSA) is 38.7 Å². The van der Waals surface area contributed by atoms with Gasteiger partial charge < -0.3 is 0 Å². The van der Waals surface area contributed by atoms with E-state index >= 15 is 0 Å². The molecular formula is C122H133N3. The molecule has 3 aromatic heterocycles. The molecule has 0 atom stereocenters. The van der Waals surface area contributed by atoms with Gasteiger partial charge in [0.05, 0.1) is 22.1 Å². The predicted octanol–water partition coefficient (Wildman–Crippen LogP) is 34.3. The molecule has 0 fully saturated rings. The van der Waals surface area contributed by atoms with E-state index in [2.05, 4.69) is 318 Å². The molecule has 0 spiro atoms. The van der Waals surface area contributed by atoms with E-state index in [1.54, 1.807) is 22.3 Å². The highest BCUT2D eigenvalue weighted by Gasteiger charge is 2.23. The van der Waals surface area contributed by atoms with Gasteiger partial charge in [0.15, 0.2) is 0 Å². The summed E-state index contributed by atoms with van der Waals surface area (Å²) in [5, 5.41) is 7.30. The van der Waals surface area contributed by atoms with Crippen molar-refractivity contribution in [2.75, 3.05) is 0 Å². The summed E-state index contributed by atoms with van der Waals surface area (Å²) in [6.45, 7) is 28.0. The van der Waals surface area contributed by atoms with E-state index in [1.807, 2.05) is 188 Å². The lowest BCUT2D eigenvalue weighted by Crippen LogP contribution is -2.06. The Bertz CT molecular complexity index is 5730. The second kappa shape index (κ2) is 53.8. The van der Waals surface area contributed by atoms with Crippen LogP contribution in [-0.4, -0.2) is 15.0 Å². The quantitative estimate of drug-likeness (QED) is 0.0863. The van der Waals surface area contributed by atoms with Crippen molar-refractivity contribution < 1.29 is 0 Å².